The molecular weight excluding hydrogens is 410 g/mol. The Kier molecular flexibility index (Phi) is 10.3. The van der Waals surface area contributed by atoms with Crippen molar-refractivity contribution < 1.29 is 14.6 Å². The van der Waals surface area contributed by atoms with Gasteiger partial charge in [0.15, 0.2) is 5.96 Å². The molecule has 2 aromatic rings. The number of hydrogen-bond donors (Lipinski definition) is 3. The first-order valence-electron chi connectivity index (χ1n) is 9.70. The number of thiophene rings is 1. The average molecular weight is 440 g/mol. The van der Waals surface area contributed by atoms with E-state index < -0.39 is 6.10 Å². The van der Waals surface area contributed by atoms with Gasteiger partial charge in [0.1, 0.15) is 11.9 Å². The summed E-state index contributed by atoms with van der Waals surface area (Å²) in [6.45, 7) is 6.85. The summed E-state index contributed by atoms with van der Waals surface area (Å²) in [5.74, 6) is 1.48. The summed E-state index contributed by atoms with van der Waals surface area (Å²) in [7, 11) is 1.69. The van der Waals surface area contributed by atoms with E-state index in [0.29, 0.717) is 36.6 Å². The molecule has 160 valence electrons. The van der Waals surface area contributed by atoms with Crippen molar-refractivity contribution in [3.05, 3.63) is 50.7 Å². The summed E-state index contributed by atoms with van der Waals surface area (Å²) in [5, 5.41) is 16.7. The van der Waals surface area contributed by atoms with Crippen LogP contribution in [0.5, 0.6) is 5.75 Å². The third-order valence-electron chi connectivity index (χ3n) is 4.11. The maximum atomic E-state index is 10.3. The number of ether oxygens (including phenoxy) is 2. The van der Waals surface area contributed by atoms with Crippen LogP contribution in [0.2, 0.25) is 4.34 Å². The van der Waals surface area contributed by atoms with Crippen LogP contribution >= 0.6 is 22.9 Å². The Bertz CT molecular complexity index is 782. The topological polar surface area (TPSA) is 75.1 Å². The van der Waals surface area contributed by atoms with Crippen LogP contribution in [0.1, 0.15) is 35.5 Å². The maximum Gasteiger partial charge on any atom is 0.191 e. The first-order valence-corrected chi connectivity index (χ1v) is 10.9. The lowest BCUT2D eigenvalue weighted by atomic mass is 10.1. The van der Waals surface area contributed by atoms with Crippen LogP contribution in [0.25, 0.3) is 0 Å². The van der Waals surface area contributed by atoms with Gasteiger partial charge in [-0.3, -0.25) is 0 Å². The molecule has 1 heterocycles. The molecule has 29 heavy (non-hydrogen) atoms. The predicted molar refractivity (Wildman–Crippen MR) is 120 cm³/mol. The van der Waals surface area contributed by atoms with Gasteiger partial charge in [0.25, 0.3) is 0 Å². The van der Waals surface area contributed by atoms with Crippen LogP contribution in [-0.2, 0) is 11.3 Å². The van der Waals surface area contributed by atoms with Gasteiger partial charge >= 0.3 is 0 Å². The molecule has 0 amide bonds. The minimum atomic E-state index is -0.643. The summed E-state index contributed by atoms with van der Waals surface area (Å²) in [6, 6.07) is 9.74. The standard InChI is InChI=1S/C21H30ClN3O3S/c1-4-23-21(25-14-17(26)19-8-9-20(22)29-19)24-13-16-7-6-15(2)12-18(16)28-11-5-10-27-3/h6-9,12,17,26H,4-5,10-11,13-14H2,1-3H3,(H2,23,24,25). The summed E-state index contributed by atoms with van der Waals surface area (Å²) in [4.78, 5) is 5.47. The van der Waals surface area contributed by atoms with Crippen LogP contribution in [0.15, 0.2) is 35.3 Å². The van der Waals surface area contributed by atoms with Crippen molar-refractivity contribution >= 4 is 28.9 Å². The van der Waals surface area contributed by atoms with Gasteiger partial charge in [0.2, 0.25) is 0 Å². The van der Waals surface area contributed by atoms with Gasteiger partial charge in [-0.2, -0.15) is 0 Å². The van der Waals surface area contributed by atoms with Crippen LogP contribution in [0.3, 0.4) is 0 Å². The monoisotopic (exact) mass is 439 g/mol. The smallest absolute Gasteiger partial charge is 0.191 e. The number of aliphatic hydroxyl groups excluding tert-OH is 1. The van der Waals surface area contributed by atoms with E-state index >= 15 is 0 Å². The number of halogens is 1. The number of nitrogens with zero attached hydrogens (tertiary/aromatic N) is 1. The van der Waals surface area contributed by atoms with Gasteiger partial charge < -0.3 is 25.2 Å². The fourth-order valence-electron chi connectivity index (χ4n) is 2.62. The molecule has 0 spiro atoms. The number of hydrogen-bond acceptors (Lipinski definition) is 5. The second kappa shape index (κ2) is 12.7. The highest BCUT2D eigenvalue weighted by Gasteiger charge is 2.11. The number of methoxy groups -OCH3 is 1. The fraction of sp³-hybridized carbons (Fsp3) is 0.476. The van der Waals surface area contributed by atoms with Gasteiger partial charge in [-0.15, -0.1) is 11.3 Å². The van der Waals surface area contributed by atoms with Crippen molar-refractivity contribution in [3.8, 4) is 5.75 Å². The highest BCUT2D eigenvalue weighted by Crippen LogP contribution is 2.26. The molecule has 1 aromatic carbocycles. The lowest BCUT2D eigenvalue weighted by Gasteiger charge is -2.15. The molecule has 1 atom stereocenters. The van der Waals surface area contributed by atoms with Gasteiger partial charge in [0, 0.05) is 43.7 Å². The summed E-state index contributed by atoms with van der Waals surface area (Å²) >= 11 is 7.32. The second-order valence-corrected chi connectivity index (χ2v) is 8.29. The summed E-state index contributed by atoms with van der Waals surface area (Å²) < 4.78 is 11.7. The van der Waals surface area contributed by atoms with E-state index in [1.165, 1.54) is 11.3 Å². The molecule has 1 unspecified atom stereocenters. The van der Waals surface area contributed by atoms with Crippen molar-refractivity contribution in [2.75, 3.05) is 33.4 Å². The zero-order valence-corrected chi connectivity index (χ0v) is 18.8. The molecule has 0 radical (unpaired) electrons. The number of aliphatic imine (C=N–C) groups is 1. The molecule has 0 bridgehead atoms. The van der Waals surface area contributed by atoms with Gasteiger partial charge in [-0.05, 0) is 37.6 Å². The number of rotatable bonds is 11. The number of benzene rings is 1. The largest absolute Gasteiger partial charge is 0.493 e. The SMILES string of the molecule is CCNC(=NCc1ccc(C)cc1OCCCOC)NCC(O)c1ccc(Cl)s1. The minimum absolute atomic E-state index is 0.344. The molecule has 0 aliphatic carbocycles. The normalized spacial score (nSPS) is 12.7. The Morgan fingerprint density at radius 3 is 2.76 bits per heavy atom. The highest BCUT2D eigenvalue weighted by atomic mass is 35.5. The lowest BCUT2D eigenvalue weighted by molar-refractivity contribution is 0.172. The Labute approximate surface area is 181 Å². The average Bonchev–Trinajstić information content (AvgIpc) is 3.14. The minimum Gasteiger partial charge on any atom is -0.493 e. The van der Waals surface area contributed by atoms with Crippen molar-refractivity contribution in [2.45, 2.75) is 32.9 Å². The molecule has 6 nitrogen and oxygen atoms in total. The Morgan fingerprint density at radius 2 is 2.07 bits per heavy atom. The first kappa shape index (κ1) is 23.5. The van der Waals surface area contributed by atoms with Gasteiger partial charge in [-0.1, -0.05) is 23.7 Å². The van der Waals surface area contributed by atoms with Crippen molar-refractivity contribution in [1.82, 2.24) is 10.6 Å². The van der Waals surface area contributed by atoms with Crippen LogP contribution in [-0.4, -0.2) is 44.5 Å². The molecule has 0 aliphatic heterocycles. The highest BCUT2D eigenvalue weighted by molar-refractivity contribution is 7.16. The van der Waals surface area contributed by atoms with E-state index in [4.69, 9.17) is 21.1 Å². The molecule has 2 rings (SSSR count). The van der Waals surface area contributed by atoms with Crippen LogP contribution in [0.4, 0.5) is 0 Å². The van der Waals surface area contributed by atoms with Crippen molar-refractivity contribution in [1.29, 1.82) is 0 Å². The molecular formula is C21H30ClN3O3S. The number of nitrogens with one attached hydrogen (secondary N) is 2. The first-order chi connectivity index (χ1) is 14.0. The van der Waals surface area contributed by atoms with E-state index in [9.17, 15) is 5.11 Å². The van der Waals surface area contributed by atoms with E-state index in [1.54, 1.807) is 13.2 Å². The summed E-state index contributed by atoms with van der Waals surface area (Å²) in [5.41, 5.74) is 2.15. The quantitative estimate of drug-likeness (QED) is 0.281. The molecule has 1 aromatic heterocycles. The molecule has 3 N–H and O–H groups in total. The number of aliphatic hydroxyl groups is 1. The predicted octanol–water partition coefficient (Wildman–Crippen LogP) is 3.91. The number of aryl methyl sites for hydroxylation is 1. The third-order valence-corrected chi connectivity index (χ3v) is 5.44. The van der Waals surface area contributed by atoms with Crippen LogP contribution < -0.4 is 15.4 Å². The Hall–Kier alpha value is -1.80. The Balaban J connectivity index is 1.99. The van der Waals surface area contributed by atoms with Crippen molar-refractivity contribution in [3.63, 3.8) is 0 Å². The molecule has 0 aliphatic rings. The van der Waals surface area contributed by atoms with Gasteiger partial charge in [-0.25, -0.2) is 4.99 Å². The lowest BCUT2D eigenvalue weighted by Crippen LogP contribution is -2.39. The third kappa shape index (κ3) is 8.22. The summed E-state index contributed by atoms with van der Waals surface area (Å²) in [6.07, 6.45) is 0.192. The maximum absolute atomic E-state index is 10.3. The number of guanidine groups is 1. The molecule has 8 heteroatoms. The van der Waals surface area contributed by atoms with Gasteiger partial charge in [0.05, 0.1) is 17.5 Å². The molecule has 0 saturated heterocycles. The van der Waals surface area contributed by atoms with Crippen molar-refractivity contribution in [2.24, 2.45) is 4.99 Å². The fourth-order valence-corrected chi connectivity index (χ4v) is 3.67. The van der Waals surface area contributed by atoms with E-state index in [1.807, 2.05) is 32.0 Å². The van der Waals surface area contributed by atoms with E-state index in [-0.39, 0.29) is 0 Å². The second-order valence-electron chi connectivity index (χ2n) is 6.54. The zero-order valence-electron chi connectivity index (χ0n) is 17.2. The van der Waals surface area contributed by atoms with E-state index in [2.05, 4.69) is 21.7 Å². The molecule has 0 fully saturated rings. The zero-order chi connectivity index (χ0) is 21.1. The molecule has 0 saturated carbocycles. The van der Waals surface area contributed by atoms with Crippen LogP contribution in [0, 0.1) is 6.92 Å². The van der Waals surface area contributed by atoms with E-state index in [0.717, 1.165) is 34.7 Å². The Morgan fingerprint density at radius 1 is 1.24 bits per heavy atom.